The van der Waals surface area contributed by atoms with Crippen LogP contribution in [0.4, 0.5) is 0 Å². The molecule has 0 atom stereocenters. The van der Waals surface area contributed by atoms with Crippen LogP contribution >= 0.6 is 0 Å². The third-order valence-electron chi connectivity index (χ3n) is 10.7. The van der Waals surface area contributed by atoms with Gasteiger partial charge in [-0.25, -0.2) is 15.0 Å². The van der Waals surface area contributed by atoms with Gasteiger partial charge in [-0.05, 0) is 105 Å². The maximum Gasteiger partial charge on any atom is 0.164 e. The smallest absolute Gasteiger partial charge is 0.164 e. The molecule has 0 spiro atoms. The lowest BCUT2D eigenvalue weighted by Gasteiger charge is -2.14. The van der Waals surface area contributed by atoms with Gasteiger partial charge in [-0.2, -0.15) is 0 Å². The molecule has 0 aliphatic heterocycles. The van der Waals surface area contributed by atoms with Crippen molar-refractivity contribution in [1.82, 2.24) is 19.9 Å². The Morgan fingerprint density at radius 2 is 0.821 bits per heavy atom. The molecule has 0 aliphatic rings. The van der Waals surface area contributed by atoms with Crippen molar-refractivity contribution in [3.8, 4) is 67.5 Å². The van der Waals surface area contributed by atoms with Crippen molar-refractivity contribution in [3.05, 3.63) is 193 Å². The summed E-state index contributed by atoms with van der Waals surface area (Å²) < 4.78 is 0. The van der Waals surface area contributed by atoms with Crippen LogP contribution in [0, 0.1) is 13.8 Å². The zero-order valence-electron chi connectivity index (χ0n) is 31.1. The predicted molar refractivity (Wildman–Crippen MR) is 232 cm³/mol. The number of para-hydroxylation sites is 1. The predicted octanol–water partition coefficient (Wildman–Crippen LogP) is 13.3. The molecule has 0 N–H and O–H groups in total. The van der Waals surface area contributed by atoms with Gasteiger partial charge in [0.2, 0.25) is 0 Å². The lowest BCUT2D eigenvalue weighted by molar-refractivity contribution is 1.07. The van der Waals surface area contributed by atoms with Crippen molar-refractivity contribution in [1.29, 1.82) is 0 Å². The molecule has 0 amide bonds. The number of benzene rings is 8. The normalized spacial score (nSPS) is 11.4. The van der Waals surface area contributed by atoms with Gasteiger partial charge in [0.1, 0.15) is 0 Å². The van der Waals surface area contributed by atoms with Gasteiger partial charge >= 0.3 is 0 Å². The topological polar surface area (TPSA) is 51.6 Å². The van der Waals surface area contributed by atoms with E-state index >= 15 is 0 Å². The average Bonchev–Trinajstić information content (AvgIpc) is 3.26. The molecule has 10 aromatic rings. The van der Waals surface area contributed by atoms with E-state index in [1.807, 2.05) is 12.3 Å². The SMILES string of the molecule is Cc1ccc(-c2nc(-c3ccc(C)cc3)nc(-c3cc(-c4ccc(-c5cc6ccccc6c6ccccc56)cc4)cc(-c4ccnc5ccccc45)c3)n2)cc1. The Hall–Kier alpha value is -7.30. The van der Waals surface area contributed by atoms with E-state index in [-0.39, 0.29) is 0 Å². The molecule has 0 aliphatic carbocycles. The van der Waals surface area contributed by atoms with Crippen LogP contribution in [0.25, 0.3) is 100.0 Å². The molecule has 56 heavy (non-hydrogen) atoms. The second-order valence-corrected chi connectivity index (χ2v) is 14.5. The van der Waals surface area contributed by atoms with Gasteiger partial charge in [-0.1, -0.05) is 151 Å². The van der Waals surface area contributed by atoms with Crippen LogP contribution in [-0.2, 0) is 0 Å². The number of hydrogen-bond donors (Lipinski definition) is 0. The molecule has 0 saturated carbocycles. The number of aromatic nitrogens is 4. The van der Waals surface area contributed by atoms with Crippen molar-refractivity contribution < 1.29 is 0 Å². The van der Waals surface area contributed by atoms with E-state index in [0.717, 1.165) is 49.8 Å². The molecule has 2 heterocycles. The first kappa shape index (κ1) is 33.3. The third-order valence-corrected chi connectivity index (χ3v) is 10.7. The van der Waals surface area contributed by atoms with Gasteiger partial charge in [0.15, 0.2) is 17.5 Å². The minimum absolute atomic E-state index is 0.617. The molecular weight excluding hydrogens is 681 g/mol. The number of rotatable bonds is 6. The highest BCUT2D eigenvalue weighted by Crippen LogP contribution is 2.38. The molecule has 0 fully saturated rings. The number of nitrogens with zero attached hydrogens (tertiary/aromatic N) is 4. The minimum atomic E-state index is 0.617. The lowest BCUT2D eigenvalue weighted by atomic mass is 9.91. The van der Waals surface area contributed by atoms with Crippen molar-refractivity contribution in [2.24, 2.45) is 0 Å². The summed E-state index contributed by atoms with van der Waals surface area (Å²) in [6.45, 7) is 4.18. The van der Waals surface area contributed by atoms with Crippen molar-refractivity contribution in [2.45, 2.75) is 13.8 Å². The van der Waals surface area contributed by atoms with Crippen LogP contribution in [0.1, 0.15) is 11.1 Å². The fourth-order valence-corrected chi connectivity index (χ4v) is 7.73. The zero-order chi connectivity index (χ0) is 37.6. The Morgan fingerprint density at radius 3 is 1.50 bits per heavy atom. The van der Waals surface area contributed by atoms with Gasteiger partial charge in [0, 0.05) is 28.3 Å². The van der Waals surface area contributed by atoms with E-state index in [4.69, 9.17) is 15.0 Å². The Bertz CT molecular complexity index is 3010. The third kappa shape index (κ3) is 6.17. The number of fused-ring (bicyclic) bond motifs is 4. The van der Waals surface area contributed by atoms with Crippen LogP contribution < -0.4 is 0 Å². The van der Waals surface area contributed by atoms with Gasteiger partial charge in [-0.15, -0.1) is 0 Å². The molecule has 10 rings (SSSR count). The summed E-state index contributed by atoms with van der Waals surface area (Å²) in [5, 5.41) is 6.11. The summed E-state index contributed by atoms with van der Waals surface area (Å²) in [6, 6.07) is 62.4. The highest BCUT2D eigenvalue weighted by Gasteiger charge is 2.17. The lowest BCUT2D eigenvalue weighted by Crippen LogP contribution is -2.01. The van der Waals surface area contributed by atoms with E-state index in [1.165, 1.54) is 43.8 Å². The van der Waals surface area contributed by atoms with Crippen LogP contribution in [0.3, 0.4) is 0 Å². The first-order valence-corrected chi connectivity index (χ1v) is 19.0. The minimum Gasteiger partial charge on any atom is -0.256 e. The summed E-state index contributed by atoms with van der Waals surface area (Å²) in [6.07, 6.45) is 1.89. The van der Waals surface area contributed by atoms with E-state index in [9.17, 15) is 0 Å². The molecule has 4 heteroatoms. The first-order chi connectivity index (χ1) is 27.5. The first-order valence-electron chi connectivity index (χ1n) is 19.0. The maximum absolute atomic E-state index is 5.15. The largest absolute Gasteiger partial charge is 0.256 e. The van der Waals surface area contributed by atoms with Gasteiger partial charge < -0.3 is 0 Å². The van der Waals surface area contributed by atoms with E-state index < -0.39 is 0 Å². The fourth-order valence-electron chi connectivity index (χ4n) is 7.73. The van der Waals surface area contributed by atoms with E-state index in [0.29, 0.717) is 17.5 Å². The van der Waals surface area contributed by atoms with Crippen LogP contribution in [0.15, 0.2) is 182 Å². The molecule has 4 nitrogen and oxygen atoms in total. The van der Waals surface area contributed by atoms with Crippen LogP contribution in [-0.4, -0.2) is 19.9 Å². The molecule has 0 bridgehead atoms. The quantitative estimate of drug-likeness (QED) is 0.161. The monoisotopic (exact) mass is 716 g/mol. The molecule has 0 saturated heterocycles. The number of pyridine rings is 1. The van der Waals surface area contributed by atoms with Crippen molar-refractivity contribution in [2.75, 3.05) is 0 Å². The number of hydrogen-bond acceptors (Lipinski definition) is 4. The molecule has 2 aromatic heterocycles. The summed E-state index contributed by atoms with van der Waals surface area (Å²) in [7, 11) is 0. The molecule has 0 unspecified atom stereocenters. The summed E-state index contributed by atoms with van der Waals surface area (Å²) in [5.41, 5.74) is 12.9. The molecule has 264 valence electrons. The Balaban J connectivity index is 1.16. The standard InChI is InChI=1S/C52H36N4/c1-33-15-19-37(20-16-33)50-54-51(38-21-17-34(2)18-22-38)56-52(55-50)42-30-40(29-41(31-42)44-27-28-53-49-14-8-7-13-47(44)49)35-23-25-36(26-24-35)48-32-39-9-3-4-10-43(39)45-11-5-6-12-46(45)48/h3-32H,1-2H3. The summed E-state index contributed by atoms with van der Waals surface area (Å²) in [4.78, 5) is 20.0. The summed E-state index contributed by atoms with van der Waals surface area (Å²) in [5.74, 6) is 1.89. The highest BCUT2D eigenvalue weighted by molar-refractivity contribution is 6.13. The molecular formula is C52H36N4. The Kier molecular flexibility index (Phi) is 8.23. The zero-order valence-corrected chi connectivity index (χ0v) is 31.1. The second kappa shape index (κ2) is 13.8. The second-order valence-electron chi connectivity index (χ2n) is 14.5. The van der Waals surface area contributed by atoms with Crippen LogP contribution in [0.5, 0.6) is 0 Å². The molecule has 8 aromatic carbocycles. The van der Waals surface area contributed by atoms with Crippen molar-refractivity contribution >= 4 is 32.4 Å². The summed E-state index contributed by atoms with van der Waals surface area (Å²) >= 11 is 0. The molecule has 0 radical (unpaired) electrons. The van der Waals surface area contributed by atoms with Gasteiger partial charge in [0.05, 0.1) is 5.52 Å². The van der Waals surface area contributed by atoms with Gasteiger partial charge in [-0.3, -0.25) is 4.98 Å². The number of aryl methyl sites for hydroxylation is 2. The Morgan fingerprint density at radius 1 is 0.321 bits per heavy atom. The average molecular weight is 717 g/mol. The van der Waals surface area contributed by atoms with Crippen LogP contribution in [0.2, 0.25) is 0 Å². The van der Waals surface area contributed by atoms with Gasteiger partial charge in [0.25, 0.3) is 0 Å². The maximum atomic E-state index is 5.15. The highest BCUT2D eigenvalue weighted by atomic mass is 15.0. The van der Waals surface area contributed by atoms with E-state index in [2.05, 4.69) is 189 Å². The van der Waals surface area contributed by atoms with E-state index in [1.54, 1.807) is 0 Å². The van der Waals surface area contributed by atoms with Crippen molar-refractivity contribution in [3.63, 3.8) is 0 Å². The Labute approximate surface area is 325 Å². The fraction of sp³-hybridized carbons (Fsp3) is 0.0385.